The number of alkyl halides is 3. The Morgan fingerprint density at radius 3 is 2.61 bits per heavy atom. The van der Waals surface area contributed by atoms with Gasteiger partial charge in [0.2, 0.25) is 0 Å². The third-order valence-electron chi connectivity index (χ3n) is 2.86. The van der Waals surface area contributed by atoms with Crippen LogP contribution in [0.3, 0.4) is 0 Å². The van der Waals surface area contributed by atoms with Crippen LogP contribution < -0.4 is 0 Å². The van der Waals surface area contributed by atoms with Crippen LogP contribution in [0.1, 0.15) is 19.8 Å². The predicted molar refractivity (Wildman–Crippen MR) is 58.9 cm³/mol. The lowest BCUT2D eigenvalue weighted by molar-refractivity contribution is -0.182. The molecule has 104 valence electrons. The van der Waals surface area contributed by atoms with Gasteiger partial charge < -0.3 is 9.47 Å². The number of hydrogen-bond donors (Lipinski definition) is 0. The maximum Gasteiger partial charge on any atom is 0.411 e. The molecule has 3 nitrogen and oxygen atoms in total. The molecule has 0 saturated carbocycles. The van der Waals surface area contributed by atoms with Crippen molar-refractivity contribution in [3.63, 3.8) is 0 Å². The summed E-state index contributed by atoms with van der Waals surface area (Å²) >= 11 is 0. The second-order valence-electron chi connectivity index (χ2n) is 4.47. The summed E-state index contributed by atoms with van der Waals surface area (Å²) in [5, 5.41) is 0. The van der Waals surface area contributed by atoms with E-state index in [1.165, 1.54) is 0 Å². The summed E-state index contributed by atoms with van der Waals surface area (Å²) in [6.07, 6.45) is 1.46. The number of esters is 1. The Hall–Kier alpha value is -1.04. The van der Waals surface area contributed by atoms with Crippen LogP contribution >= 0.6 is 0 Å². The fraction of sp³-hybridized carbons (Fsp3) is 0.750. The van der Waals surface area contributed by atoms with Gasteiger partial charge in [0.05, 0.1) is 6.61 Å². The monoisotopic (exact) mass is 266 g/mol. The molecule has 0 aromatic carbocycles. The Bertz CT molecular complexity index is 299. The van der Waals surface area contributed by atoms with Crippen molar-refractivity contribution >= 4 is 5.97 Å². The van der Waals surface area contributed by atoms with Crippen LogP contribution in [0.2, 0.25) is 0 Å². The number of carbonyl (C=O) groups excluding carboxylic acids is 1. The molecule has 1 aliphatic carbocycles. The number of halogens is 3. The number of carbonyl (C=O) groups is 1. The fourth-order valence-corrected chi connectivity index (χ4v) is 1.73. The molecule has 0 saturated heterocycles. The van der Waals surface area contributed by atoms with E-state index >= 15 is 0 Å². The van der Waals surface area contributed by atoms with E-state index in [-0.39, 0.29) is 12.5 Å². The first kappa shape index (κ1) is 15.0. The van der Waals surface area contributed by atoms with Gasteiger partial charge >= 0.3 is 12.1 Å². The fourth-order valence-electron chi connectivity index (χ4n) is 1.73. The van der Waals surface area contributed by atoms with Crippen molar-refractivity contribution in [3.05, 3.63) is 12.2 Å². The van der Waals surface area contributed by atoms with Gasteiger partial charge in [0.25, 0.3) is 0 Å². The molecule has 0 radical (unpaired) electrons. The molecule has 0 bridgehead atoms. The van der Waals surface area contributed by atoms with Crippen molar-refractivity contribution in [3.8, 4) is 0 Å². The van der Waals surface area contributed by atoms with Crippen LogP contribution in [0, 0.1) is 11.8 Å². The standard InChI is InChI=1S/C12H17F3O3/c1-9-4-2-3-5-10(9)6-18-11(16)7-17-8-12(13,14)15/h2-3,9-10H,4-8H2,1H3. The number of ether oxygens (including phenoxy) is 2. The smallest absolute Gasteiger partial charge is 0.411 e. The second kappa shape index (κ2) is 6.78. The first-order chi connectivity index (χ1) is 8.38. The molecule has 0 aromatic heterocycles. The lowest BCUT2D eigenvalue weighted by atomic mass is 9.85. The van der Waals surface area contributed by atoms with Crippen LogP contribution in [0.25, 0.3) is 0 Å². The van der Waals surface area contributed by atoms with E-state index in [0.717, 1.165) is 12.8 Å². The van der Waals surface area contributed by atoms with E-state index in [2.05, 4.69) is 17.7 Å². The van der Waals surface area contributed by atoms with Crippen LogP contribution in [-0.2, 0) is 14.3 Å². The molecule has 0 amide bonds. The zero-order valence-corrected chi connectivity index (χ0v) is 10.2. The minimum Gasteiger partial charge on any atom is -0.464 e. The van der Waals surface area contributed by atoms with Gasteiger partial charge in [-0.2, -0.15) is 13.2 Å². The van der Waals surface area contributed by atoms with Gasteiger partial charge in [0, 0.05) is 0 Å². The summed E-state index contributed by atoms with van der Waals surface area (Å²) < 4.78 is 44.4. The molecular weight excluding hydrogens is 249 g/mol. The maximum absolute atomic E-state index is 11.7. The van der Waals surface area contributed by atoms with Crippen LogP contribution in [0.5, 0.6) is 0 Å². The molecule has 0 heterocycles. The Morgan fingerprint density at radius 1 is 1.33 bits per heavy atom. The summed E-state index contributed by atoms with van der Waals surface area (Å²) in [6, 6.07) is 0. The lowest BCUT2D eigenvalue weighted by Crippen LogP contribution is -2.25. The van der Waals surface area contributed by atoms with Gasteiger partial charge in [-0.05, 0) is 24.7 Å². The average Bonchev–Trinajstić information content (AvgIpc) is 2.26. The first-order valence-corrected chi connectivity index (χ1v) is 5.83. The van der Waals surface area contributed by atoms with Crippen molar-refractivity contribution in [1.29, 1.82) is 0 Å². The lowest BCUT2D eigenvalue weighted by Gasteiger charge is -2.24. The molecule has 1 aliphatic rings. The van der Waals surface area contributed by atoms with Gasteiger partial charge in [-0.1, -0.05) is 19.1 Å². The average molecular weight is 266 g/mol. The van der Waals surface area contributed by atoms with E-state index in [1.54, 1.807) is 0 Å². The first-order valence-electron chi connectivity index (χ1n) is 5.83. The molecule has 0 fully saturated rings. The Balaban J connectivity index is 2.15. The van der Waals surface area contributed by atoms with Crippen molar-refractivity contribution in [2.75, 3.05) is 19.8 Å². The highest BCUT2D eigenvalue weighted by molar-refractivity contribution is 5.70. The highest BCUT2D eigenvalue weighted by Crippen LogP contribution is 2.25. The summed E-state index contributed by atoms with van der Waals surface area (Å²) in [6.45, 7) is 0.211. The Labute approximate surface area is 104 Å². The Kier molecular flexibility index (Phi) is 5.65. The summed E-state index contributed by atoms with van der Waals surface area (Å²) in [4.78, 5) is 11.1. The summed E-state index contributed by atoms with van der Waals surface area (Å²) in [7, 11) is 0. The Morgan fingerprint density at radius 2 is 2.00 bits per heavy atom. The van der Waals surface area contributed by atoms with Gasteiger partial charge in [0.15, 0.2) is 0 Å². The van der Waals surface area contributed by atoms with Crippen LogP contribution in [0.4, 0.5) is 13.2 Å². The topological polar surface area (TPSA) is 35.5 Å². The minimum absolute atomic E-state index is 0.236. The molecule has 2 atom stereocenters. The third kappa shape index (κ3) is 6.05. The molecule has 6 heteroatoms. The molecule has 18 heavy (non-hydrogen) atoms. The minimum atomic E-state index is -4.41. The summed E-state index contributed by atoms with van der Waals surface area (Å²) in [5.74, 6) is -0.0959. The van der Waals surface area contributed by atoms with Crippen molar-refractivity contribution in [2.45, 2.75) is 25.9 Å². The molecule has 0 spiro atoms. The van der Waals surface area contributed by atoms with E-state index in [9.17, 15) is 18.0 Å². The molecule has 1 rings (SSSR count). The molecule has 0 aromatic rings. The molecule has 0 aliphatic heterocycles. The van der Waals surface area contributed by atoms with E-state index < -0.39 is 25.4 Å². The van der Waals surface area contributed by atoms with Crippen molar-refractivity contribution in [1.82, 2.24) is 0 Å². The SMILES string of the molecule is CC1CC=CCC1COC(=O)COCC(F)(F)F. The zero-order valence-electron chi connectivity index (χ0n) is 10.2. The number of hydrogen-bond acceptors (Lipinski definition) is 3. The highest BCUT2D eigenvalue weighted by atomic mass is 19.4. The van der Waals surface area contributed by atoms with Crippen LogP contribution in [-0.4, -0.2) is 32.0 Å². The van der Waals surface area contributed by atoms with E-state index in [4.69, 9.17) is 4.74 Å². The van der Waals surface area contributed by atoms with Gasteiger partial charge in [-0.15, -0.1) is 0 Å². The van der Waals surface area contributed by atoms with Gasteiger partial charge in [-0.3, -0.25) is 0 Å². The predicted octanol–water partition coefficient (Wildman–Crippen LogP) is 2.71. The second-order valence-corrected chi connectivity index (χ2v) is 4.47. The van der Waals surface area contributed by atoms with Crippen LogP contribution in [0.15, 0.2) is 12.2 Å². The maximum atomic E-state index is 11.7. The quantitative estimate of drug-likeness (QED) is 0.567. The third-order valence-corrected chi connectivity index (χ3v) is 2.86. The summed E-state index contributed by atoms with van der Waals surface area (Å²) in [5.41, 5.74) is 0. The molecular formula is C12H17F3O3. The van der Waals surface area contributed by atoms with E-state index in [1.807, 2.05) is 6.08 Å². The largest absolute Gasteiger partial charge is 0.464 e. The number of rotatable bonds is 5. The molecule has 0 N–H and O–H groups in total. The van der Waals surface area contributed by atoms with Crippen molar-refractivity contribution in [2.24, 2.45) is 11.8 Å². The van der Waals surface area contributed by atoms with Crippen molar-refractivity contribution < 1.29 is 27.4 Å². The normalized spacial score (nSPS) is 24.0. The number of allylic oxidation sites excluding steroid dienone is 2. The molecule has 2 unspecified atom stereocenters. The highest BCUT2D eigenvalue weighted by Gasteiger charge is 2.28. The zero-order chi connectivity index (χ0) is 13.6. The van der Waals surface area contributed by atoms with Gasteiger partial charge in [-0.25, -0.2) is 4.79 Å². The van der Waals surface area contributed by atoms with E-state index in [0.29, 0.717) is 5.92 Å². The van der Waals surface area contributed by atoms with Gasteiger partial charge in [0.1, 0.15) is 13.2 Å².